The highest BCUT2D eigenvalue weighted by Gasteiger charge is 2.19. The molecule has 7 nitrogen and oxygen atoms in total. The van der Waals surface area contributed by atoms with Crippen LogP contribution in [-0.2, 0) is 0 Å². The smallest absolute Gasteiger partial charge is 0.261 e. The van der Waals surface area contributed by atoms with Crippen molar-refractivity contribution in [2.24, 2.45) is 0 Å². The molecule has 1 aromatic carbocycles. The Kier molecular flexibility index (Phi) is 3.92. The largest absolute Gasteiger partial charge is 0.493 e. The van der Waals surface area contributed by atoms with Gasteiger partial charge in [-0.25, -0.2) is 0 Å². The standard InChI is InChI=1S/C16H16N2O5/c1-9-11(5-6-22-9)16-17-15(18-23-16)10-7-12(19-2)14(21-4)13(8-10)20-3/h5-8H,1-4H3. The maximum atomic E-state index is 5.33. The molecule has 3 aromatic rings. The van der Waals surface area contributed by atoms with Gasteiger partial charge < -0.3 is 23.2 Å². The Morgan fingerprint density at radius 1 is 1.00 bits per heavy atom. The normalized spacial score (nSPS) is 10.6. The van der Waals surface area contributed by atoms with E-state index in [1.54, 1.807) is 45.8 Å². The van der Waals surface area contributed by atoms with Gasteiger partial charge in [0.2, 0.25) is 11.6 Å². The van der Waals surface area contributed by atoms with Crippen molar-refractivity contribution in [3.8, 4) is 40.1 Å². The van der Waals surface area contributed by atoms with E-state index < -0.39 is 0 Å². The van der Waals surface area contributed by atoms with Gasteiger partial charge in [-0.1, -0.05) is 5.16 Å². The molecule has 0 spiro atoms. The van der Waals surface area contributed by atoms with E-state index in [9.17, 15) is 0 Å². The van der Waals surface area contributed by atoms with Crippen molar-refractivity contribution in [3.63, 3.8) is 0 Å². The van der Waals surface area contributed by atoms with E-state index in [0.717, 1.165) is 5.56 Å². The molecule has 7 heteroatoms. The summed E-state index contributed by atoms with van der Waals surface area (Å²) in [5.41, 5.74) is 1.45. The highest BCUT2D eigenvalue weighted by Crippen LogP contribution is 2.40. The van der Waals surface area contributed by atoms with Crippen LogP contribution in [0.25, 0.3) is 22.8 Å². The van der Waals surface area contributed by atoms with Gasteiger partial charge in [-0.05, 0) is 25.1 Å². The molecule has 2 heterocycles. The second-order valence-corrected chi connectivity index (χ2v) is 4.73. The topological polar surface area (TPSA) is 79.8 Å². The van der Waals surface area contributed by atoms with Crippen LogP contribution in [-0.4, -0.2) is 31.5 Å². The van der Waals surface area contributed by atoms with Crippen molar-refractivity contribution in [2.45, 2.75) is 6.92 Å². The first kappa shape index (κ1) is 15.0. The zero-order valence-electron chi connectivity index (χ0n) is 13.2. The van der Waals surface area contributed by atoms with E-state index in [0.29, 0.717) is 40.3 Å². The summed E-state index contributed by atoms with van der Waals surface area (Å²) >= 11 is 0. The number of hydrogen-bond acceptors (Lipinski definition) is 7. The molecule has 0 aliphatic rings. The van der Waals surface area contributed by atoms with Crippen LogP contribution in [0.5, 0.6) is 17.2 Å². The van der Waals surface area contributed by atoms with Gasteiger partial charge in [0, 0.05) is 5.56 Å². The molecule has 0 N–H and O–H groups in total. The Morgan fingerprint density at radius 3 is 2.22 bits per heavy atom. The number of aromatic nitrogens is 2. The van der Waals surface area contributed by atoms with Crippen molar-refractivity contribution < 1.29 is 23.2 Å². The summed E-state index contributed by atoms with van der Waals surface area (Å²) in [4.78, 5) is 4.40. The zero-order chi connectivity index (χ0) is 16.4. The summed E-state index contributed by atoms with van der Waals surface area (Å²) < 4.78 is 26.5. The van der Waals surface area contributed by atoms with Crippen molar-refractivity contribution in [1.82, 2.24) is 10.1 Å². The third-order valence-corrected chi connectivity index (χ3v) is 3.44. The van der Waals surface area contributed by atoms with Gasteiger partial charge in [-0.2, -0.15) is 4.98 Å². The average Bonchev–Trinajstić information content (AvgIpc) is 3.21. The van der Waals surface area contributed by atoms with Crippen molar-refractivity contribution in [1.29, 1.82) is 0 Å². The lowest BCUT2D eigenvalue weighted by Gasteiger charge is -2.12. The molecular formula is C16H16N2O5. The van der Waals surface area contributed by atoms with Crippen molar-refractivity contribution in [3.05, 3.63) is 30.2 Å². The summed E-state index contributed by atoms with van der Waals surface area (Å²) in [6, 6.07) is 5.30. The zero-order valence-corrected chi connectivity index (χ0v) is 13.2. The molecule has 0 fully saturated rings. The summed E-state index contributed by atoms with van der Waals surface area (Å²) in [6.45, 7) is 1.83. The Labute approximate surface area is 132 Å². The summed E-state index contributed by atoms with van der Waals surface area (Å²) in [6.07, 6.45) is 1.58. The molecule has 0 atom stereocenters. The van der Waals surface area contributed by atoms with E-state index in [1.807, 2.05) is 6.92 Å². The number of hydrogen-bond donors (Lipinski definition) is 0. The molecule has 0 saturated carbocycles. The van der Waals surface area contributed by atoms with Crippen LogP contribution in [0.1, 0.15) is 5.76 Å². The molecule has 0 radical (unpaired) electrons. The van der Waals surface area contributed by atoms with Gasteiger partial charge in [0.25, 0.3) is 5.89 Å². The van der Waals surface area contributed by atoms with Crippen LogP contribution in [0.3, 0.4) is 0 Å². The van der Waals surface area contributed by atoms with E-state index >= 15 is 0 Å². The number of benzene rings is 1. The van der Waals surface area contributed by atoms with Crippen LogP contribution >= 0.6 is 0 Å². The number of aryl methyl sites for hydroxylation is 1. The van der Waals surface area contributed by atoms with Gasteiger partial charge in [0.1, 0.15) is 5.76 Å². The SMILES string of the molecule is COc1cc(-c2noc(-c3ccoc3C)n2)cc(OC)c1OC. The maximum absolute atomic E-state index is 5.33. The first-order valence-corrected chi connectivity index (χ1v) is 6.86. The molecule has 120 valence electrons. The first-order valence-electron chi connectivity index (χ1n) is 6.86. The Bertz CT molecular complexity index is 796. The Morgan fingerprint density at radius 2 is 1.70 bits per heavy atom. The highest BCUT2D eigenvalue weighted by atomic mass is 16.5. The lowest BCUT2D eigenvalue weighted by Crippen LogP contribution is -1.96. The van der Waals surface area contributed by atoms with Crippen molar-refractivity contribution in [2.75, 3.05) is 21.3 Å². The molecule has 0 aliphatic carbocycles. The third-order valence-electron chi connectivity index (χ3n) is 3.44. The van der Waals surface area contributed by atoms with E-state index in [4.69, 9.17) is 23.2 Å². The lowest BCUT2D eigenvalue weighted by atomic mass is 10.1. The molecular weight excluding hydrogens is 300 g/mol. The average molecular weight is 316 g/mol. The minimum atomic E-state index is 0.389. The summed E-state index contributed by atoms with van der Waals surface area (Å²) in [7, 11) is 4.66. The molecule has 0 amide bonds. The number of nitrogens with zero attached hydrogens (tertiary/aromatic N) is 2. The van der Waals surface area contributed by atoms with Gasteiger partial charge >= 0.3 is 0 Å². The van der Waals surface area contributed by atoms with Gasteiger partial charge in [-0.3, -0.25) is 0 Å². The van der Waals surface area contributed by atoms with Gasteiger partial charge in [0.15, 0.2) is 11.5 Å². The van der Waals surface area contributed by atoms with Gasteiger partial charge in [-0.15, -0.1) is 0 Å². The number of methoxy groups -OCH3 is 3. The second kappa shape index (κ2) is 6.04. The Hall–Kier alpha value is -2.96. The fourth-order valence-electron chi connectivity index (χ4n) is 2.27. The molecule has 2 aromatic heterocycles. The van der Waals surface area contributed by atoms with E-state index in [1.165, 1.54) is 0 Å². The fourth-order valence-corrected chi connectivity index (χ4v) is 2.27. The molecule has 0 aliphatic heterocycles. The van der Waals surface area contributed by atoms with Crippen LogP contribution in [0.4, 0.5) is 0 Å². The number of furan rings is 1. The van der Waals surface area contributed by atoms with Crippen LogP contribution in [0, 0.1) is 6.92 Å². The number of rotatable bonds is 5. The van der Waals surface area contributed by atoms with Crippen molar-refractivity contribution >= 4 is 0 Å². The quantitative estimate of drug-likeness (QED) is 0.714. The highest BCUT2D eigenvalue weighted by molar-refractivity contribution is 5.68. The number of ether oxygens (including phenoxy) is 3. The van der Waals surface area contributed by atoms with Crippen LogP contribution in [0.2, 0.25) is 0 Å². The van der Waals surface area contributed by atoms with Crippen LogP contribution in [0.15, 0.2) is 33.4 Å². The molecule has 0 unspecified atom stereocenters. The summed E-state index contributed by atoms with van der Waals surface area (Å²) in [5, 5.41) is 4.01. The van der Waals surface area contributed by atoms with Gasteiger partial charge in [0.05, 0.1) is 33.2 Å². The molecule has 0 bridgehead atoms. The fraction of sp³-hybridized carbons (Fsp3) is 0.250. The molecule has 3 rings (SSSR count). The Balaban J connectivity index is 2.06. The second-order valence-electron chi connectivity index (χ2n) is 4.73. The monoisotopic (exact) mass is 316 g/mol. The lowest BCUT2D eigenvalue weighted by molar-refractivity contribution is 0.324. The van der Waals surface area contributed by atoms with E-state index in [2.05, 4.69) is 10.1 Å². The predicted octanol–water partition coefficient (Wildman–Crippen LogP) is 3.33. The van der Waals surface area contributed by atoms with Crippen LogP contribution < -0.4 is 14.2 Å². The molecule has 0 saturated heterocycles. The van der Waals surface area contributed by atoms with E-state index in [-0.39, 0.29) is 0 Å². The maximum Gasteiger partial charge on any atom is 0.261 e. The minimum Gasteiger partial charge on any atom is -0.493 e. The third kappa shape index (κ3) is 2.61. The molecule has 23 heavy (non-hydrogen) atoms. The predicted molar refractivity (Wildman–Crippen MR) is 81.8 cm³/mol. The first-order chi connectivity index (χ1) is 11.2. The minimum absolute atomic E-state index is 0.389. The summed E-state index contributed by atoms with van der Waals surface area (Å²) in [5.74, 6) is 3.07.